The van der Waals surface area contributed by atoms with Crippen molar-refractivity contribution in [3.05, 3.63) is 56.6 Å². The highest BCUT2D eigenvalue weighted by atomic mass is 35.5. The number of H-pyrrole nitrogens is 1. The minimum Gasteiger partial charge on any atom is -0.495 e. The van der Waals surface area contributed by atoms with Crippen molar-refractivity contribution in [2.24, 2.45) is 0 Å². The van der Waals surface area contributed by atoms with Gasteiger partial charge in [0.05, 0.1) is 12.8 Å². The molecule has 3 rings (SSSR count). The van der Waals surface area contributed by atoms with E-state index in [-0.39, 0.29) is 29.5 Å². The van der Waals surface area contributed by atoms with Crippen LogP contribution in [0.3, 0.4) is 0 Å². The second kappa shape index (κ2) is 9.75. The van der Waals surface area contributed by atoms with Gasteiger partial charge in [-0.15, -0.1) is 12.4 Å². The quantitative estimate of drug-likeness (QED) is 0.780. The van der Waals surface area contributed by atoms with Crippen molar-refractivity contribution >= 4 is 18.1 Å². The molecule has 1 fully saturated rings. The number of ether oxygens (including phenoxy) is 1. The maximum atomic E-state index is 13.6. The summed E-state index contributed by atoms with van der Waals surface area (Å²) in [5.41, 5.74) is 0.706. The molecule has 1 N–H and O–H groups in total. The highest BCUT2D eigenvalue weighted by molar-refractivity contribution is 5.85. The molecule has 0 saturated carbocycles. The van der Waals surface area contributed by atoms with Crippen molar-refractivity contribution in [2.45, 2.75) is 19.9 Å². The van der Waals surface area contributed by atoms with E-state index in [0.29, 0.717) is 17.9 Å². The van der Waals surface area contributed by atoms with Gasteiger partial charge in [-0.1, -0.05) is 0 Å². The topological polar surface area (TPSA) is 70.6 Å². The number of methoxy groups -OCH3 is 1. The molecule has 0 amide bonds. The molecule has 1 aliphatic heterocycles. The van der Waals surface area contributed by atoms with Gasteiger partial charge in [0.25, 0.3) is 5.56 Å². The number of nitrogens with one attached hydrogen (secondary N) is 1. The highest BCUT2D eigenvalue weighted by Crippen LogP contribution is 2.29. The molecular formula is C19H26ClFN4O3. The van der Waals surface area contributed by atoms with E-state index < -0.39 is 0 Å². The van der Waals surface area contributed by atoms with E-state index in [4.69, 9.17) is 4.74 Å². The van der Waals surface area contributed by atoms with Crippen LogP contribution >= 0.6 is 12.4 Å². The van der Waals surface area contributed by atoms with Crippen LogP contribution in [-0.2, 0) is 6.54 Å². The molecule has 2 aromatic rings. The number of rotatable bonds is 6. The molecule has 0 spiro atoms. The molecule has 2 heterocycles. The third-order valence-corrected chi connectivity index (χ3v) is 4.95. The van der Waals surface area contributed by atoms with Gasteiger partial charge in [-0.3, -0.25) is 14.3 Å². The van der Waals surface area contributed by atoms with Crippen LogP contribution in [0.2, 0.25) is 0 Å². The molecule has 1 aromatic carbocycles. The molecule has 1 aliphatic rings. The third-order valence-electron chi connectivity index (χ3n) is 4.95. The Morgan fingerprint density at radius 3 is 2.54 bits per heavy atom. The minimum atomic E-state index is -0.367. The summed E-state index contributed by atoms with van der Waals surface area (Å²) >= 11 is 0. The van der Waals surface area contributed by atoms with Crippen molar-refractivity contribution in [3.63, 3.8) is 0 Å². The summed E-state index contributed by atoms with van der Waals surface area (Å²) < 4.78 is 20.2. The Morgan fingerprint density at radius 1 is 1.14 bits per heavy atom. The molecule has 154 valence electrons. The first kappa shape index (κ1) is 22.0. The number of halogens is 2. The molecule has 0 unspecified atom stereocenters. The van der Waals surface area contributed by atoms with Gasteiger partial charge in [0, 0.05) is 50.6 Å². The second-order valence-corrected chi connectivity index (χ2v) is 6.73. The van der Waals surface area contributed by atoms with E-state index in [0.717, 1.165) is 44.8 Å². The van der Waals surface area contributed by atoms with Gasteiger partial charge in [0.1, 0.15) is 11.6 Å². The number of aromatic nitrogens is 2. The molecule has 1 saturated heterocycles. The number of aryl methyl sites for hydroxylation is 1. The van der Waals surface area contributed by atoms with Crippen molar-refractivity contribution in [1.82, 2.24) is 14.5 Å². The zero-order valence-electron chi connectivity index (χ0n) is 16.1. The Balaban J connectivity index is 0.00000280. The monoisotopic (exact) mass is 412 g/mol. The zero-order chi connectivity index (χ0) is 19.4. The Labute approximate surface area is 169 Å². The van der Waals surface area contributed by atoms with Crippen molar-refractivity contribution in [3.8, 4) is 5.75 Å². The zero-order valence-corrected chi connectivity index (χ0v) is 16.9. The maximum absolute atomic E-state index is 13.6. The van der Waals surface area contributed by atoms with E-state index in [1.165, 1.54) is 22.9 Å². The van der Waals surface area contributed by atoms with E-state index in [1.807, 2.05) is 0 Å². The van der Waals surface area contributed by atoms with Crippen LogP contribution in [0, 0.1) is 12.7 Å². The molecule has 0 atom stereocenters. The molecule has 7 nitrogen and oxygen atoms in total. The van der Waals surface area contributed by atoms with Gasteiger partial charge < -0.3 is 14.6 Å². The first-order valence-electron chi connectivity index (χ1n) is 9.09. The fourth-order valence-electron chi connectivity index (χ4n) is 3.39. The Kier molecular flexibility index (Phi) is 7.65. The van der Waals surface area contributed by atoms with Crippen LogP contribution in [0.1, 0.15) is 12.0 Å². The number of piperazine rings is 1. The van der Waals surface area contributed by atoms with Gasteiger partial charge >= 0.3 is 5.69 Å². The van der Waals surface area contributed by atoms with Gasteiger partial charge in [-0.2, -0.15) is 0 Å². The number of anilines is 1. The minimum absolute atomic E-state index is 0. The summed E-state index contributed by atoms with van der Waals surface area (Å²) in [6.07, 6.45) is 2.16. The molecule has 0 bridgehead atoms. The fourth-order valence-corrected chi connectivity index (χ4v) is 3.39. The Hall–Kier alpha value is -2.32. The molecular weight excluding hydrogens is 387 g/mol. The average molecular weight is 413 g/mol. The lowest BCUT2D eigenvalue weighted by Crippen LogP contribution is -2.47. The van der Waals surface area contributed by atoms with E-state index in [2.05, 4.69) is 14.8 Å². The van der Waals surface area contributed by atoms with E-state index >= 15 is 0 Å². The number of aromatic amines is 1. The Bertz CT molecular complexity index is 907. The third kappa shape index (κ3) is 4.94. The number of nitrogens with zero attached hydrogens (tertiary/aromatic N) is 3. The van der Waals surface area contributed by atoms with E-state index in [9.17, 15) is 14.0 Å². The van der Waals surface area contributed by atoms with Crippen LogP contribution in [0.5, 0.6) is 5.75 Å². The SMILES string of the molecule is COc1ccc(F)cc1N1CCN(CCCn2c(=O)[nH]cc(C)c2=O)CC1.Cl. The first-order chi connectivity index (χ1) is 13.0. The van der Waals surface area contributed by atoms with Crippen LogP contribution in [0.15, 0.2) is 34.0 Å². The van der Waals surface area contributed by atoms with Gasteiger partial charge in [-0.25, -0.2) is 9.18 Å². The lowest BCUT2D eigenvalue weighted by Gasteiger charge is -2.36. The van der Waals surface area contributed by atoms with E-state index in [1.54, 1.807) is 20.1 Å². The summed E-state index contributed by atoms with van der Waals surface area (Å²) in [6, 6.07) is 4.55. The lowest BCUT2D eigenvalue weighted by atomic mass is 10.2. The molecule has 1 aromatic heterocycles. The number of benzene rings is 1. The lowest BCUT2D eigenvalue weighted by molar-refractivity contribution is 0.248. The van der Waals surface area contributed by atoms with Gasteiger partial charge in [-0.05, 0) is 32.0 Å². The smallest absolute Gasteiger partial charge is 0.328 e. The van der Waals surface area contributed by atoms with Gasteiger partial charge in [0.2, 0.25) is 0 Å². The molecule has 9 heteroatoms. The average Bonchev–Trinajstić information content (AvgIpc) is 2.68. The standard InChI is InChI=1S/C19H25FN4O3.ClH/c1-14-13-21-19(26)24(18(14)25)7-3-6-22-8-10-23(11-9-22)16-12-15(20)4-5-17(16)27-2;/h4-5,12-13H,3,6-11H2,1-2H3,(H,21,26);1H. The van der Waals surface area contributed by atoms with Crippen LogP contribution in [-0.4, -0.2) is 54.3 Å². The molecule has 0 radical (unpaired) electrons. The summed E-state index contributed by atoms with van der Waals surface area (Å²) in [6.45, 7) is 6.09. The first-order valence-corrected chi connectivity index (χ1v) is 9.09. The number of hydrogen-bond donors (Lipinski definition) is 1. The fraction of sp³-hybridized carbons (Fsp3) is 0.474. The van der Waals surface area contributed by atoms with Crippen molar-refractivity contribution < 1.29 is 9.13 Å². The predicted octanol–water partition coefficient (Wildman–Crippen LogP) is 1.63. The maximum Gasteiger partial charge on any atom is 0.328 e. The number of hydrogen-bond acceptors (Lipinski definition) is 5. The normalized spacial score (nSPS) is 14.6. The summed E-state index contributed by atoms with van der Waals surface area (Å²) in [4.78, 5) is 30.8. The van der Waals surface area contributed by atoms with Crippen molar-refractivity contribution in [1.29, 1.82) is 0 Å². The highest BCUT2D eigenvalue weighted by Gasteiger charge is 2.20. The van der Waals surface area contributed by atoms with Crippen molar-refractivity contribution in [2.75, 3.05) is 44.7 Å². The van der Waals surface area contributed by atoms with Gasteiger partial charge in [0.15, 0.2) is 0 Å². The molecule has 28 heavy (non-hydrogen) atoms. The largest absolute Gasteiger partial charge is 0.495 e. The van der Waals surface area contributed by atoms with Crippen LogP contribution in [0.4, 0.5) is 10.1 Å². The molecule has 0 aliphatic carbocycles. The summed E-state index contributed by atoms with van der Waals surface area (Å²) in [5.74, 6) is 0.393. The predicted molar refractivity (Wildman–Crippen MR) is 110 cm³/mol. The summed E-state index contributed by atoms with van der Waals surface area (Å²) in [7, 11) is 1.59. The van der Waals surface area contributed by atoms with Crippen LogP contribution < -0.4 is 20.9 Å². The Morgan fingerprint density at radius 2 is 1.86 bits per heavy atom. The van der Waals surface area contributed by atoms with Crippen LogP contribution in [0.25, 0.3) is 0 Å². The summed E-state index contributed by atoms with van der Waals surface area (Å²) in [5, 5.41) is 0. The second-order valence-electron chi connectivity index (χ2n) is 6.73.